The highest BCUT2D eigenvalue weighted by Crippen LogP contribution is 2.18. The summed E-state index contributed by atoms with van der Waals surface area (Å²) in [4.78, 5) is 12.9. The maximum Gasteiger partial charge on any atom is 0.223 e. The Morgan fingerprint density at radius 1 is 1.67 bits per heavy atom. The van der Waals surface area contributed by atoms with Crippen molar-refractivity contribution in [2.24, 2.45) is 11.1 Å². The van der Waals surface area contributed by atoms with Crippen LogP contribution in [0.5, 0.6) is 0 Å². The van der Waals surface area contributed by atoms with Crippen LogP contribution >= 0.6 is 0 Å². The first-order chi connectivity index (χ1) is 6.78. The molecular formula is C8H16N2O4S. The van der Waals surface area contributed by atoms with Crippen LogP contribution in [-0.2, 0) is 14.8 Å². The second-order valence-electron chi connectivity index (χ2n) is 4.05. The third-order valence-corrected chi connectivity index (χ3v) is 3.18. The van der Waals surface area contributed by atoms with Crippen LogP contribution in [0.4, 0.5) is 0 Å². The minimum Gasteiger partial charge on any atom is -0.392 e. The Hall–Kier alpha value is -0.660. The minimum absolute atomic E-state index is 0.121. The van der Waals surface area contributed by atoms with Crippen molar-refractivity contribution in [1.82, 2.24) is 4.90 Å². The van der Waals surface area contributed by atoms with E-state index in [1.54, 1.807) is 6.92 Å². The summed E-state index contributed by atoms with van der Waals surface area (Å²) in [5.41, 5.74) is 0. The van der Waals surface area contributed by atoms with Crippen LogP contribution < -0.4 is 5.14 Å². The van der Waals surface area contributed by atoms with Crippen LogP contribution in [0.2, 0.25) is 0 Å². The van der Waals surface area contributed by atoms with E-state index in [2.05, 4.69) is 0 Å². The summed E-state index contributed by atoms with van der Waals surface area (Å²) >= 11 is 0. The number of rotatable bonds is 4. The van der Waals surface area contributed by atoms with Crippen molar-refractivity contribution >= 4 is 15.9 Å². The molecule has 0 aromatic rings. The van der Waals surface area contributed by atoms with Crippen molar-refractivity contribution in [2.75, 3.05) is 18.8 Å². The molecule has 1 aliphatic heterocycles. The predicted octanol–water partition coefficient (Wildman–Crippen LogP) is -1.50. The fourth-order valence-corrected chi connectivity index (χ4v) is 2.67. The summed E-state index contributed by atoms with van der Waals surface area (Å²) in [5, 5.41) is 14.0. The lowest BCUT2D eigenvalue weighted by Gasteiger charge is -2.17. The van der Waals surface area contributed by atoms with Gasteiger partial charge < -0.3 is 10.0 Å². The Morgan fingerprint density at radius 3 is 2.73 bits per heavy atom. The first-order valence-electron chi connectivity index (χ1n) is 4.74. The number of β-amino-alcohol motifs (C(OH)–C–C–N with tert-alkyl or cyclic N) is 1. The number of primary sulfonamides is 1. The van der Waals surface area contributed by atoms with E-state index in [4.69, 9.17) is 10.2 Å². The van der Waals surface area contributed by atoms with E-state index in [-0.39, 0.29) is 30.5 Å². The van der Waals surface area contributed by atoms with Gasteiger partial charge in [-0.05, 0) is 6.92 Å². The van der Waals surface area contributed by atoms with Crippen LogP contribution in [0.3, 0.4) is 0 Å². The van der Waals surface area contributed by atoms with Crippen molar-refractivity contribution < 1.29 is 18.3 Å². The number of carbonyl (C=O) groups is 1. The van der Waals surface area contributed by atoms with Crippen molar-refractivity contribution in [1.29, 1.82) is 0 Å². The number of sulfonamides is 1. The molecule has 0 aromatic heterocycles. The summed E-state index contributed by atoms with van der Waals surface area (Å²) < 4.78 is 21.6. The normalized spacial score (nSPS) is 24.6. The molecule has 6 nitrogen and oxygen atoms in total. The molecule has 7 heteroatoms. The van der Waals surface area contributed by atoms with Gasteiger partial charge in [0.05, 0.1) is 11.9 Å². The number of aliphatic hydroxyl groups excluding tert-OH is 1. The number of hydrogen-bond acceptors (Lipinski definition) is 4. The molecule has 0 aliphatic carbocycles. The molecule has 1 fully saturated rings. The summed E-state index contributed by atoms with van der Waals surface area (Å²) in [6, 6.07) is 0. The first-order valence-corrected chi connectivity index (χ1v) is 6.46. The Morgan fingerprint density at radius 2 is 2.27 bits per heavy atom. The first kappa shape index (κ1) is 12.4. The third-order valence-electron chi connectivity index (χ3n) is 2.25. The highest BCUT2D eigenvalue weighted by atomic mass is 32.2. The zero-order valence-corrected chi connectivity index (χ0v) is 9.40. The van der Waals surface area contributed by atoms with Gasteiger partial charge >= 0.3 is 0 Å². The number of amides is 1. The molecule has 1 unspecified atom stereocenters. The van der Waals surface area contributed by atoms with Gasteiger partial charge in [0.2, 0.25) is 15.9 Å². The molecule has 0 bridgehead atoms. The quantitative estimate of drug-likeness (QED) is 0.620. The number of nitrogens with two attached hydrogens (primary N) is 1. The van der Waals surface area contributed by atoms with Gasteiger partial charge in [-0.25, -0.2) is 13.6 Å². The molecule has 1 amide bonds. The Kier molecular flexibility index (Phi) is 3.69. The zero-order chi connectivity index (χ0) is 11.6. The van der Waals surface area contributed by atoms with Gasteiger partial charge in [0.25, 0.3) is 0 Å². The molecule has 3 N–H and O–H groups in total. The number of likely N-dealkylation sites (tertiary alicyclic amines) is 1. The van der Waals surface area contributed by atoms with Crippen LogP contribution in [0.25, 0.3) is 0 Å². The average molecular weight is 236 g/mol. The van der Waals surface area contributed by atoms with Crippen molar-refractivity contribution in [3.05, 3.63) is 0 Å². The van der Waals surface area contributed by atoms with Gasteiger partial charge in [-0.3, -0.25) is 4.79 Å². The Labute approximate surface area is 89.1 Å². The molecule has 2 atom stereocenters. The van der Waals surface area contributed by atoms with E-state index < -0.39 is 16.1 Å². The number of carbonyl (C=O) groups excluding carboxylic acids is 1. The smallest absolute Gasteiger partial charge is 0.223 e. The largest absolute Gasteiger partial charge is 0.392 e. The maximum absolute atomic E-state index is 11.4. The van der Waals surface area contributed by atoms with E-state index in [9.17, 15) is 13.2 Å². The second-order valence-corrected chi connectivity index (χ2v) is 5.71. The molecule has 88 valence electrons. The molecular weight excluding hydrogens is 220 g/mol. The molecule has 0 radical (unpaired) electrons. The third kappa shape index (κ3) is 4.15. The van der Waals surface area contributed by atoms with E-state index in [1.165, 1.54) is 4.90 Å². The lowest BCUT2D eigenvalue weighted by atomic mass is 10.1. The number of nitrogens with zero attached hydrogens (tertiary/aromatic N) is 1. The monoisotopic (exact) mass is 236 g/mol. The highest BCUT2D eigenvalue weighted by Gasteiger charge is 2.32. The average Bonchev–Trinajstić information content (AvgIpc) is 2.26. The molecule has 1 aliphatic rings. The fourth-order valence-electron chi connectivity index (χ4n) is 1.79. The highest BCUT2D eigenvalue weighted by molar-refractivity contribution is 7.89. The van der Waals surface area contributed by atoms with Gasteiger partial charge in [0.15, 0.2) is 0 Å². The number of aliphatic hydroxyl groups is 1. The lowest BCUT2D eigenvalue weighted by Crippen LogP contribution is -2.33. The lowest BCUT2D eigenvalue weighted by molar-refractivity contribution is -0.128. The van der Waals surface area contributed by atoms with Gasteiger partial charge in [-0.1, -0.05) is 0 Å². The summed E-state index contributed by atoms with van der Waals surface area (Å²) in [5.74, 6) is -0.537. The molecule has 0 spiro atoms. The summed E-state index contributed by atoms with van der Waals surface area (Å²) in [6.45, 7) is 2.19. The molecule has 1 rings (SSSR count). The molecule has 15 heavy (non-hydrogen) atoms. The summed E-state index contributed by atoms with van der Waals surface area (Å²) in [6.07, 6.45) is -0.398. The Balaban J connectivity index is 2.52. The van der Waals surface area contributed by atoms with Gasteiger partial charge in [0, 0.05) is 25.4 Å². The van der Waals surface area contributed by atoms with Crippen molar-refractivity contribution in [3.8, 4) is 0 Å². The van der Waals surface area contributed by atoms with Crippen LogP contribution in [0.15, 0.2) is 0 Å². The molecule has 1 heterocycles. The van der Waals surface area contributed by atoms with Gasteiger partial charge in [-0.15, -0.1) is 0 Å². The van der Waals surface area contributed by atoms with Crippen LogP contribution in [0.1, 0.15) is 13.3 Å². The SMILES string of the molecule is C[C@H](O)CN1CC(CS(N)(=O)=O)CC1=O. The van der Waals surface area contributed by atoms with Crippen molar-refractivity contribution in [2.45, 2.75) is 19.4 Å². The van der Waals surface area contributed by atoms with E-state index in [0.29, 0.717) is 6.54 Å². The maximum atomic E-state index is 11.4. The Bertz CT molecular complexity index is 339. The minimum atomic E-state index is -3.52. The van der Waals surface area contributed by atoms with Crippen molar-refractivity contribution in [3.63, 3.8) is 0 Å². The van der Waals surface area contributed by atoms with Gasteiger partial charge in [-0.2, -0.15) is 0 Å². The van der Waals surface area contributed by atoms with Crippen LogP contribution in [-0.4, -0.2) is 49.3 Å². The fraction of sp³-hybridized carbons (Fsp3) is 0.875. The number of hydrogen-bond donors (Lipinski definition) is 2. The zero-order valence-electron chi connectivity index (χ0n) is 8.59. The van der Waals surface area contributed by atoms with E-state index >= 15 is 0 Å². The van der Waals surface area contributed by atoms with Crippen LogP contribution in [0, 0.1) is 5.92 Å². The summed E-state index contributed by atoms with van der Waals surface area (Å²) in [7, 11) is -3.52. The molecule has 1 saturated heterocycles. The topological polar surface area (TPSA) is 101 Å². The van der Waals surface area contributed by atoms with E-state index in [0.717, 1.165) is 0 Å². The molecule has 0 aromatic carbocycles. The second kappa shape index (κ2) is 4.46. The van der Waals surface area contributed by atoms with Gasteiger partial charge in [0.1, 0.15) is 0 Å². The molecule has 0 saturated carbocycles. The predicted molar refractivity (Wildman–Crippen MR) is 54.3 cm³/mol. The standard InChI is InChI=1S/C8H16N2O4S/c1-6(11)3-10-4-7(2-8(10)12)5-15(9,13)14/h6-7,11H,2-5H2,1H3,(H2,9,13,14)/t6-,7?/m0/s1. The van der Waals surface area contributed by atoms with E-state index in [1.807, 2.05) is 0 Å².